The van der Waals surface area contributed by atoms with E-state index in [0.717, 1.165) is 29.3 Å². The molecule has 0 spiro atoms. The Hall–Kier alpha value is -1.55. The molecule has 4 nitrogen and oxygen atoms in total. The van der Waals surface area contributed by atoms with E-state index in [0.29, 0.717) is 0 Å². The fourth-order valence-corrected chi connectivity index (χ4v) is 1.88. The lowest BCUT2D eigenvalue weighted by molar-refractivity contribution is 0.392. The van der Waals surface area contributed by atoms with Crippen molar-refractivity contribution in [1.82, 2.24) is 9.72 Å². The quantitative estimate of drug-likeness (QED) is 0.860. The minimum atomic E-state index is 0.0375. The highest BCUT2D eigenvalue weighted by Crippen LogP contribution is 2.17. The van der Waals surface area contributed by atoms with Crippen LogP contribution in [0.2, 0.25) is 0 Å². The van der Waals surface area contributed by atoms with E-state index in [4.69, 9.17) is 10.3 Å². The molecule has 0 aliphatic carbocycles. The van der Waals surface area contributed by atoms with Gasteiger partial charge < -0.3 is 14.8 Å². The van der Waals surface area contributed by atoms with E-state index in [-0.39, 0.29) is 6.04 Å². The first kappa shape index (κ1) is 11.0. The Labute approximate surface area is 95.0 Å². The fraction of sp³-hybridized carbons (Fsp3) is 0.417. The van der Waals surface area contributed by atoms with Crippen molar-refractivity contribution in [2.45, 2.75) is 33.4 Å². The average molecular weight is 219 g/mol. The van der Waals surface area contributed by atoms with Crippen LogP contribution in [0.3, 0.4) is 0 Å². The molecule has 1 unspecified atom stereocenters. The molecule has 16 heavy (non-hydrogen) atoms. The van der Waals surface area contributed by atoms with Crippen molar-refractivity contribution in [2.24, 2.45) is 5.73 Å². The van der Waals surface area contributed by atoms with Gasteiger partial charge in [0.2, 0.25) is 0 Å². The Balaban J connectivity index is 2.31. The summed E-state index contributed by atoms with van der Waals surface area (Å²) >= 11 is 0. The number of aryl methyl sites for hydroxylation is 2. The first-order valence-corrected chi connectivity index (χ1v) is 5.42. The Morgan fingerprint density at radius 3 is 2.81 bits per heavy atom. The second-order valence-electron chi connectivity index (χ2n) is 4.15. The van der Waals surface area contributed by atoms with E-state index in [2.05, 4.69) is 9.72 Å². The third kappa shape index (κ3) is 1.88. The molecular weight excluding hydrogens is 202 g/mol. The minimum absolute atomic E-state index is 0.0375. The molecule has 0 aromatic carbocycles. The highest BCUT2D eigenvalue weighted by Gasteiger charge is 2.12. The van der Waals surface area contributed by atoms with E-state index < -0.39 is 0 Å². The van der Waals surface area contributed by atoms with Gasteiger partial charge in [-0.1, -0.05) is 5.16 Å². The number of aromatic nitrogens is 2. The summed E-state index contributed by atoms with van der Waals surface area (Å²) < 4.78 is 7.29. The second-order valence-corrected chi connectivity index (χ2v) is 4.15. The van der Waals surface area contributed by atoms with Crippen LogP contribution in [0.25, 0.3) is 0 Å². The molecule has 2 N–H and O–H groups in total. The Morgan fingerprint density at radius 2 is 2.25 bits per heavy atom. The van der Waals surface area contributed by atoms with Gasteiger partial charge in [-0.15, -0.1) is 0 Å². The lowest BCUT2D eigenvalue weighted by Gasteiger charge is -2.11. The molecule has 2 aromatic rings. The zero-order chi connectivity index (χ0) is 11.7. The van der Waals surface area contributed by atoms with E-state index in [1.165, 1.54) is 0 Å². The Bertz CT molecular complexity index is 463. The molecule has 2 aromatic heterocycles. The zero-order valence-corrected chi connectivity index (χ0v) is 9.90. The molecule has 0 aliphatic heterocycles. The van der Waals surface area contributed by atoms with Gasteiger partial charge in [-0.3, -0.25) is 0 Å². The first-order chi connectivity index (χ1) is 7.59. The van der Waals surface area contributed by atoms with Crippen molar-refractivity contribution in [2.75, 3.05) is 0 Å². The van der Waals surface area contributed by atoms with E-state index in [9.17, 15) is 0 Å². The van der Waals surface area contributed by atoms with Crippen LogP contribution >= 0.6 is 0 Å². The summed E-state index contributed by atoms with van der Waals surface area (Å²) in [4.78, 5) is 0. The molecule has 0 saturated heterocycles. The molecule has 0 bridgehead atoms. The molecule has 86 valence electrons. The standard InChI is InChI=1S/C12H17N3O/c1-8(13)12-5-4-6-15(12)7-11-9(2)14-16-10(11)3/h4-6,8H,7,13H2,1-3H3. The molecule has 0 saturated carbocycles. The maximum Gasteiger partial charge on any atom is 0.138 e. The number of hydrogen-bond acceptors (Lipinski definition) is 3. The Kier molecular flexibility index (Phi) is 2.83. The largest absolute Gasteiger partial charge is 0.361 e. The van der Waals surface area contributed by atoms with Gasteiger partial charge in [-0.25, -0.2) is 0 Å². The molecule has 2 rings (SSSR count). The van der Waals surface area contributed by atoms with Crippen molar-refractivity contribution in [3.8, 4) is 0 Å². The van der Waals surface area contributed by atoms with Crippen molar-refractivity contribution in [3.63, 3.8) is 0 Å². The average Bonchev–Trinajstić information content (AvgIpc) is 2.80. The summed E-state index contributed by atoms with van der Waals surface area (Å²) in [5, 5.41) is 3.95. The van der Waals surface area contributed by atoms with Crippen molar-refractivity contribution in [1.29, 1.82) is 0 Å². The van der Waals surface area contributed by atoms with Crippen LogP contribution in [0, 0.1) is 13.8 Å². The number of hydrogen-bond donors (Lipinski definition) is 1. The number of rotatable bonds is 3. The normalized spacial score (nSPS) is 13.0. The van der Waals surface area contributed by atoms with Crippen LogP contribution in [0.15, 0.2) is 22.9 Å². The zero-order valence-electron chi connectivity index (χ0n) is 9.90. The van der Waals surface area contributed by atoms with Crippen molar-refractivity contribution >= 4 is 0 Å². The van der Waals surface area contributed by atoms with Gasteiger partial charge >= 0.3 is 0 Å². The molecule has 0 amide bonds. The van der Waals surface area contributed by atoms with Gasteiger partial charge in [-0.2, -0.15) is 0 Å². The maximum absolute atomic E-state index is 5.90. The molecule has 0 fully saturated rings. The molecule has 0 radical (unpaired) electrons. The van der Waals surface area contributed by atoms with Gasteiger partial charge in [0.1, 0.15) is 5.76 Å². The van der Waals surface area contributed by atoms with Crippen LogP contribution in [0.4, 0.5) is 0 Å². The summed E-state index contributed by atoms with van der Waals surface area (Å²) in [5.41, 5.74) is 9.11. The summed E-state index contributed by atoms with van der Waals surface area (Å²) in [7, 11) is 0. The van der Waals surface area contributed by atoms with E-state index >= 15 is 0 Å². The second kappa shape index (κ2) is 4.14. The summed E-state index contributed by atoms with van der Waals surface area (Å²) in [6.07, 6.45) is 2.03. The predicted octanol–water partition coefficient (Wildman–Crippen LogP) is 2.16. The molecule has 2 heterocycles. The minimum Gasteiger partial charge on any atom is -0.361 e. The van der Waals surface area contributed by atoms with E-state index in [1.807, 2.05) is 39.1 Å². The summed E-state index contributed by atoms with van der Waals surface area (Å²) in [5.74, 6) is 0.877. The first-order valence-electron chi connectivity index (χ1n) is 5.42. The SMILES string of the molecule is Cc1noc(C)c1Cn1cccc1C(C)N. The molecule has 4 heteroatoms. The Morgan fingerprint density at radius 1 is 1.50 bits per heavy atom. The van der Waals surface area contributed by atoms with Crippen LogP contribution in [0.1, 0.15) is 35.7 Å². The topological polar surface area (TPSA) is 57.0 Å². The smallest absolute Gasteiger partial charge is 0.138 e. The van der Waals surface area contributed by atoms with Crippen molar-refractivity contribution < 1.29 is 4.52 Å². The van der Waals surface area contributed by atoms with E-state index in [1.54, 1.807) is 0 Å². The van der Waals surface area contributed by atoms with Gasteiger partial charge in [0.25, 0.3) is 0 Å². The third-order valence-corrected chi connectivity index (χ3v) is 2.84. The third-order valence-electron chi connectivity index (χ3n) is 2.84. The molecule has 1 atom stereocenters. The monoisotopic (exact) mass is 219 g/mol. The van der Waals surface area contributed by atoms with Gasteiger partial charge in [0.05, 0.1) is 12.2 Å². The lowest BCUT2D eigenvalue weighted by Crippen LogP contribution is -2.12. The fourth-order valence-electron chi connectivity index (χ4n) is 1.88. The molecular formula is C12H17N3O. The number of nitrogens with two attached hydrogens (primary N) is 1. The number of nitrogens with zero attached hydrogens (tertiary/aromatic N) is 2. The predicted molar refractivity (Wildman–Crippen MR) is 62.1 cm³/mol. The van der Waals surface area contributed by atoms with Crippen LogP contribution < -0.4 is 5.73 Å². The van der Waals surface area contributed by atoms with Crippen LogP contribution in [-0.2, 0) is 6.54 Å². The van der Waals surface area contributed by atoms with Gasteiger partial charge in [0.15, 0.2) is 0 Å². The van der Waals surface area contributed by atoms with Crippen molar-refractivity contribution in [3.05, 3.63) is 41.0 Å². The highest BCUT2D eigenvalue weighted by molar-refractivity contribution is 5.23. The maximum atomic E-state index is 5.90. The van der Waals surface area contributed by atoms with Crippen LogP contribution in [-0.4, -0.2) is 9.72 Å². The van der Waals surface area contributed by atoms with Gasteiger partial charge in [-0.05, 0) is 32.9 Å². The highest BCUT2D eigenvalue weighted by atomic mass is 16.5. The molecule has 0 aliphatic rings. The summed E-state index contributed by atoms with van der Waals surface area (Å²) in [6, 6.07) is 4.09. The van der Waals surface area contributed by atoms with Gasteiger partial charge in [0, 0.05) is 23.5 Å². The summed E-state index contributed by atoms with van der Waals surface area (Å²) in [6.45, 7) is 6.65. The van der Waals surface area contributed by atoms with Crippen LogP contribution in [0.5, 0.6) is 0 Å². The lowest BCUT2D eigenvalue weighted by atomic mass is 10.2.